The number of hydrogen-bond acceptors (Lipinski definition) is 9. The molecule has 3 fully saturated rings. The van der Waals surface area contributed by atoms with Crippen LogP contribution in [0, 0.1) is 5.92 Å². The molecule has 0 spiro atoms. The van der Waals surface area contributed by atoms with Gasteiger partial charge in [-0.05, 0) is 6.07 Å². The van der Waals surface area contributed by atoms with Gasteiger partial charge in [-0.15, -0.1) is 11.8 Å². The van der Waals surface area contributed by atoms with Crippen molar-refractivity contribution in [2.24, 2.45) is 5.92 Å². The molecule has 13 heteroatoms. The van der Waals surface area contributed by atoms with Crippen LogP contribution in [0.3, 0.4) is 0 Å². The average molecular weight is 465 g/mol. The van der Waals surface area contributed by atoms with Crippen LogP contribution < -0.4 is 10.2 Å². The Hall–Kier alpha value is -2.96. The number of nitrogens with one attached hydrogen (secondary N) is 1. The molecule has 4 heterocycles. The first-order valence-corrected chi connectivity index (χ1v) is 11.1. The fourth-order valence-electron chi connectivity index (χ4n) is 4.01. The van der Waals surface area contributed by atoms with E-state index in [4.69, 9.17) is 0 Å². The highest BCUT2D eigenvalue weighted by molar-refractivity contribution is 8.00. The van der Waals surface area contributed by atoms with E-state index in [-0.39, 0.29) is 24.4 Å². The third-order valence-electron chi connectivity index (χ3n) is 5.74. The number of thioether (sulfide) groups is 1. The van der Waals surface area contributed by atoms with E-state index < -0.39 is 23.7 Å². The van der Waals surface area contributed by atoms with Crippen LogP contribution in [0.2, 0.25) is 0 Å². The van der Waals surface area contributed by atoms with Gasteiger partial charge >= 0.3 is 5.97 Å². The number of fused-ring (bicyclic) bond motifs is 2. The van der Waals surface area contributed by atoms with Crippen molar-refractivity contribution in [2.45, 2.75) is 30.3 Å². The van der Waals surface area contributed by atoms with Gasteiger partial charge in [0.15, 0.2) is 0 Å². The first-order valence-electron chi connectivity index (χ1n) is 10.1. The molecule has 0 radical (unpaired) electrons. The molecule has 0 unspecified atom stereocenters. The maximum atomic E-state index is 13.4. The van der Waals surface area contributed by atoms with Crippen molar-refractivity contribution in [3.05, 3.63) is 24.7 Å². The van der Waals surface area contributed by atoms with Gasteiger partial charge in [0.25, 0.3) is 5.92 Å². The topological polar surface area (TPSA) is 105 Å². The van der Waals surface area contributed by atoms with Crippen LogP contribution in [0.5, 0.6) is 0 Å². The maximum Gasteiger partial charge on any atom is 0.327 e. The Balaban J connectivity index is 1.25. The summed E-state index contributed by atoms with van der Waals surface area (Å²) in [6.07, 6.45) is 4.48. The van der Waals surface area contributed by atoms with Gasteiger partial charge in [-0.1, -0.05) is 0 Å². The van der Waals surface area contributed by atoms with Crippen molar-refractivity contribution in [1.82, 2.24) is 24.6 Å². The lowest BCUT2D eigenvalue weighted by molar-refractivity contribution is -0.141. The van der Waals surface area contributed by atoms with Crippen molar-refractivity contribution >= 4 is 41.1 Å². The number of amides is 1. The summed E-state index contributed by atoms with van der Waals surface area (Å²) in [4.78, 5) is 36.4. The summed E-state index contributed by atoms with van der Waals surface area (Å²) in [6, 6.07) is 1.66. The van der Waals surface area contributed by atoms with Gasteiger partial charge in [0.2, 0.25) is 11.9 Å². The van der Waals surface area contributed by atoms with Crippen molar-refractivity contribution in [3.63, 3.8) is 0 Å². The number of anilines is 3. The van der Waals surface area contributed by atoms with E-state index in [9.17, 15) is 18.4 Å². The highest BCUT2D eigenvalue weighted by atomic mass is 32.2. The zero-order chi connectivity index (χ0) is 22.5. The highest BCUT2D eigenvalue weighted by Crippen LogP contribution is 2.51. The Bertz CT molecular complexity index is 1040. The number of alkyl halides is 2. The van der Waals surface area contributed by atoms with Crippen LogP contribution in [-0.4, -0.2) is 79.8 Å². The van der Waals surface area contributed by atoms with Crippen molar-refractivity contribution in [3.8, 4) is 0 Å². The Morgan fingerprint density at radius 2 is 2.19 bits per heavy atom. The molecule has 10 nitrogen and oxygen atoms in total. The second kappa shape index (κ2) is 7.87. The zero-order valence-electron chi connectivity index (χ0n) is 17.1. The third-order valence-corrected chi connectivity index (χ3v) is 7.08. The monoisotopic (exact) mass is 465 g/mol. The van der Waals surface area contributed by atoms with Gasteiger partial charge < -0.3 is 19.9 Å². The van der Waals surface area contributed by atoms with E-state index in [2.05, 4.69) is 30.0 Å². The third kappa shape index (κ3) is 3.96. The second-order valence-electron chi connectivity index (χ2n) is 7.98. The molecule has 1 aliphatic carbocycles. The van der Waals surface area contributed by atoms with E-state index in [1.807, 2.05) is 0 Å². The number of aromatic nitrogens is 4. The first kappa shape index (κ1) is 20.9. The number of carbonyl (C=O) groups excluding carboxylic acids is 2. The quantitative estimate of drug-likeness (QED) is 0.633. The van der Waals surface area contributed by atoms with Crippen LogP contribution in [0.15, 0.2) is 24.7 Å². The number of piperazine rings is 1. The molecule has 5 rings (SSSR count). The Kier molecular flexibility index (Phi) is 5.14. The molecule has 0 aromatic carbocycles. The predicted octanol–water partition coefficient (Wildman–Crippen LogP) is 1.33. The average Bonchev–Trinajstić information content (AvgIpc) is 3.06. The van der Waals surface area contributed by atoms with E-state index in [0.717, 1.165) is 5.75 Å². The molecule has 32 heavy (non-hydrogen) atoms. The van der Waals surface area contributed by atoms with Gasteiger partial charge in [0.05, 0.1) is 30.4 Å². The fourth-order valence-corrected chi connectivity index (χ4v) is 5.45. The Morgan fingerprint density at radius 1 is 1.38 bits per heavy atom. The SMILES string of the molecule is COC(=O)Cn1cc(Nc2nccc(N3C[C@@H]4CS[C@H](C3)N4C(=O)[C@@H]3CC3(F)F)n2)cn1. The largest absolute Gasteiger partial charge is 0.468 e. The molecular formula is C19H21F2N7O3S. The van der Waals surface area contributed by atoms with Crippen LogP contribution in [0.4, 0.5) is 26.2 Å². The van der Waals surface area contributed by atoms with Crippen molar-refractivity contribution < 1.29 is 23.1 Å². The summed E-state index contributed by atoms with van der Waals surface area (Å²) in [5, 5.41) is 6.98. The minimum absolute atomic E-state index is 0.00465. The number of rotatable bonds is 6. The number of ether oxygens (including phenoxy) is 1. The molecule has 1 saturated carbocycles. The molecule has 2 saturated heterocycles. The summed E-state index contributed by atoms with van der Waals surface area (Å²) in [5.41, 5.74) is 0.613. The van der Waals surface area contributed by atoms with Crippen molar-refractivity contribution in [2.75, 3.05) is 36.2 Å². The molecule has 2 bridgehead atoms. The van der Waals surface area contributed by atoms with Gasteiger partial charge in [-0.25, -0.2) is 13.8 Å². The minimum Gasteiger partial charge on any atom is -0.468 e. The van der Waals surface area contributed by atoms with E-state index in [1.165, 1.54) is 11.8 Å². The van der Waals surface area contributed by atoms with Crippen LogP contribution in [0.1, 0.15) is 6.42 Å². The van der Waals surface area contributed by atoms with Crippen LogP contribution in [0.25, 0.3) is 0 Å². The Morgan fingerprint density at radius 3 is 2.91 bits per heavy atom. The molecule has 2 aromatic rings. The molecule has 2 aromatic heterocycles. The van der Waals surface area contributed by atoms with E-state index >= 15 is 0 Å². The summed E-state index contributed by atoms with van der Waals surface area (Å²) in [6.45, 7) is 1.04. The predicted molar refractivity (Wildman–Crippen MR) is 112 cm³/mol. The summed E-state index contributed by atoms with van der Waals surface area (Å²) >= 11 is 1.62. The van der Waals surface area contributed by atoms with Gasteiger partial charge in [0, 0.05) is 37.7 Å². The second-order valence-corrected chi connectivity index (χ2v) is 9.19. The number of carbonyl (C=O) groups is 2. The first-order chi connectivity index (χ1) is 15.3. The number of nitrogens with zero attached hydrogens (tertiary/aromatic N) is 6. The molecule has 170 valence electrons. The molecular weight excluding hydrogens is 444 g/mol. The van der Waals surface area contributed by atoms with Gasteiger partial charge in [0.1, 0.15) is 18.3 Å². The lowest BCUT2D eigenvalue weighted by Gasteiger charge is -2.40. The smallest absolute Gasteiger partial charge is 0.327 e. The molecule has 3 atom stereocenters. The number of halogens is 2. The van der Waals surface area contributed by atoms with Crippen molar-refractivity contribution in [1.29, 1.82) is 0 Å². The molecule has 1 amide bonds. The van der Waals surface area contributed by atoms with Crippen LogP contribution in [-0.2, 0) is 20.9 Å². The Labute approximate surface area is 186 Å². The summed E-state index contributed by atoms with van der Waals surface area (Å²) in [5.74, 6) is -3.08. The van der Waals surface area contributed by atoms with Gasteiger partial charge in [-0.2, -0.15) is 10.1 Å². The number of methoxy groups -OCH3 is 1. The van der Waals surface area contributed by atoms with E-state index in [1.54, 1.807) is 41.3 Å². The normalized spacial score (nSPS) is 25.5. The molecule has 2 aliphatic heterocycles. The standard InChI is InChI=1S/C19H21F2N7O3S/c1-31-16(29)9-27-6-11(5-23-27)24-18-22-3-2-14(25-18)26-7-12-10-32-15(8-26)28(12)17(30)13-4-19(13,20)21/h2-3,5-6,12-13,15H,4,7-10H2,1H3,(H,22,24,25)/t12-,13+,15-/m1/s1. The number of esters is 1. The number of hydrogen-bond donors (Lipinski definition) is 1. The zero-order valence-corrected chi connectivity index (χ0v) is 18.0. The molecule has 1 N–H and O–H groups in total. The molecule has 3 aliphatic rings. The summed E-state index contributed by atoms with van der Waals surface area (Å²) in [7, 11) is 1.31. The summed E-state index contributed by atoms with van der Waals surface area (Å²) < 4.78 is 32.9. The lowest BCUT2D eigenvalue weighted by atomic mass is 10.1. The minimum atomic E-state index is -2.85. The van der Waals surface area contributed by atoms with Gasteiger partial charge in [-0.3, -0.25) is 14.3 Å². The lowest BCUT2D eigenvalue weighted by Crippen LogP contribution is -2.57. The maximum absolute atomic E-state index is 13.4. The van der Waals surface area contributed by atoms with E-state index in [0.29, 0.717) is 30.5 Å². The fraction of sp³-hybridized carbons (Fsp3) is 0.526. The highest BCUT2D eigenvalue weighted by Gasteiger charge is 2.64. The van der Waals surface area contributed by atoms with Crippen LogP contribution >= 0.6 is 11.8 Å².